The first kappa shape index (κ1) is 26.7. The molecule has 3 aromatic carbocycles. The van der Waals surface area contributed by atoms with Crippen molar-refractivity contribution in [2.45, 2.75) is 30.8 Å². The summed E-state index contributed by atoms with van der Waals surface area (Å²) in [5, 5.41) is 3.08. The Morgan fingerprint density at radius 1 is 0.829 bits per heavy atom. The number of anilines is 1. The molecule has 1 aliphatic rings. The van der Waals surface area contributed by atoms with Crippen LogP contribution in [0.2, 0.25) is 0 Å². The number of hydrogen-bond donors (Lipinski definition) is 1. The fourth-order valence-corrected chi connectivity index (χ4v) is 5.55. The number of nitrogens with zero attached hydrogens (tertiary/aromatic N) is 4. The molecule has 2 atom stereocenters. The number of aromatic nitrogens is 4. The van der Waals surface area contributed by atoms with Gasteiger partial charge in [0.05, 0.1) is 33.3 Å². The van der Waals surface area contributed by atoms with E-state index in [0.29, 0.717) is 12.4 Å². The van der Waals surface area contributed by atoms with E-state index < -0.39 is 5.60 Å². The molecular formula is C32H33N5O4. The Labute approximate surface area is 239 Å². The van der Waals surface area contributed by atoms with E-state index in [4.69, 9.17) is 18.9 Å². The molecule has 6 rings (SSSR count). The quantitative estimate of drug-likeness (QED) is 0.225. The molecule has 0 bridgehead atoms. The zero-order chi connectivity index (χ0) is 28.2. The summed E-state index contributed by atoms with van der Waals surface area (Å²) in [4.78, 5) is 13.3. The number of methoxy groups -OCH3 is 2. The van der Waals surface area contributed by atoms with Crippen LogP contribution in [0.1, 0.15) is 35.8 Å². The summed E-state index contributed by atoms with van der Waals surface area (Å²) in [6.45, 7) is 0.382. The lowest BCUT2D eigenvalue weighted by molar-refractivity contribution is -0.0756. The van der Waals surface area contributed by atoms with E-state index in [2.05, 4.69) is 56.7 Å². The minimum absolute atomic E-state index is 0.123. The average Bonchev–Trinajstić information content (AvgIpc) is 3.69. The van der Waals surface area contributed by atoms with E-state index in [1.807, 2.05) is 54.1 Å². The molecule has 0 saturated carbocycles. The van der Waals surface area contributed by atoms with Crippen LogP contribution in [0.25, 0.3) is 11.2 Å². The van der Waals surface area contributed by atoms with Crippen LogP contribution >= 0.6 is 0 Å². The molecule has 1 saturated heterocycles. The first-order valence-electron chi connectivity index (χ1n) is 13.7. The Kier molecular flexibility index (Phi) is 7.54. The Bertz CT molecular complexity index is 1540. The molecule has 3 heterocycles. The SMILES string of the molecule is CNc1ncnc2c1ncn2C1CCC(COC(c2ccccc2)(c2ccc(OC)cc2)c2ccc(OC)cc2)O1. The third kappa shape index (κ3) is 4.98. The smallest absolute Gasteiger partial charge is 0.167 e. The van der Waals surface area contributed by atoms with Crippen molar-refractivity contribution in [3.8, 4) is 11.5 Å². The molecule has 41 heavy (non-hydrogen) atoms. The summed E-state index contributed by atoms with van der Waals surface area (Å²) in [7, 11) is 5.16. The molecule has 5 aromatic rings. The zero-order valence-corrected chi connectivity index (χ0v) is 23.4. The Balaban J connectivity index is 1.33. The second kappa shape index (κ2) is 11.6. The zero-order valence-electron chi connectivity index (χ0n) is 23.4. The monoisotopic (exact) mass is 551 g/mol. The van der Waals surface area contributed by atoms with Crippen LogP contribution in [0, 0.1) is 0 Å². The van der Waals surface area contributed by atoms with Crippen LogP contribution in [-0.2, 0) is 15.1 Å². The van der Waals surface area contributed by atoms with Gasteiger partial charge in [-0.15, -0.1) is 0 Å². The Hall–Kier alpha value is -4.47. The highest BCUT2D eigenvalue weighted by atomic mass is 16.6. The van der Waals surface area contributed by atoms with Gasteiger partial charge in [-0.25, -0.2) is 15.0 Å². The number of fused-ring (bicyclic) bond motifs is 1. The van der Waals surface area contributed by atoms with Gasteiger partial charge in [0.2, 0.25) is 0 Å². The first-order valence-corrected chi connectivity index (χ1v) is 13.7. The lowest BCUT2D eigenvalue weighted by Gasteiger charge is -2.37. The highest BCUT2D eigenvalue weighted by molar-refractivity contribution is 5.82. The lowest BCUT2D eigenvalue weighted by atomic mass is 9.80. The molecule has 0 spiro atoms. The highest BCUT2D eigenvalue weighted by Crippen LogP contribution is 2.43. The summed E-state index contributed by atoms with van der Waals surface area (Å²) >= 11 is 0. The van der Waals surface area contributed by atoms with Gasteiger partial charge in [0.1, 0.15) is 35.2 Å². The molecule has 210 valence electrons. The number of nitrogens with one attached hydrogen (secondary N) is 1. The third-order valence-corrected chi connectivity index (χ3v) is 7.65. The van der Waals surface area contributed by atoms with Crippen LogP contribution in [-0.4, -0.2) is 53.5 Å². The Morgan fingerprint density at radius 2 is 1.46 bits per heavy atom. The second-order valence-corrected chi connectivity index (χ2v) is 9.90. The normalized spacial score (nSPS) is 17.0. The molecule has 9 nitrogen and oxygen atoms in total. The summed E-state index contributed by atoms with van der Waals surface area (Å²) in [5.41, 5.74) is 3.56. The van der Waals surface area contributed by atoms with Crippen molar-refractivity contribution >= 4 is 17.0 Å². The standard InChI is InChI=1S/C32H33N5O4/c1-33-30-29-31(35-20-34-30)37(21-36-29)28-18-17-27(41-28)19-40-32(22-7-5-4-6-8-22,23-9-13-25(38-2)14-10-23)24-11-15-26(39-3)16-12-24/h4-16,20-21,27-28H,17-19H2,1-3H3,(H,33,34,35). The molecule has 0 radical (unpaired) electrons. The van der Waals surface area contributed by atoms with Gasteiger partial charge in [-0.05, 0) is 53.8 Å². The maximum atomic E-state index is 7.04. The van der Waals surface area contributed by atoms with Crippen LogP contribution in [0.5, 0.6) is 11.5 Å². The van der Waals surface area contributed by atoms with Gasteiger partial charge < -0.3 is 24.3 Å². The lowest BCUT2D eigenvalue weighted by Crippen LogP contribution is -2.35. The van der Waals surface area contributed by atoms with Gasteiger partial charge in [-0.2, -0.15) is 0 Å². The molecule has 0 aliphatic carbocycles. The van der Waals surface area contributed by atoms with E-state index in [0.717, 1.165) is 52.2 Å². The molecule has 1 aliphatic heterocycles. The largest absolute Gasteiger partial charge is 0.497 e. The molecule has 2 unspecified atom stereocenters. The van der Waals surface area contributed by atoms with Gasteiger partial charge >= 0.3 is 0 Å². The predicted molar refractivity (Wildman–Crippen MR) is 156 cm³/mol. The van der Waals surface area contributed by atoms with Crippen LogP contribution < -0.4 is 14.8 Å². The number of ether oxygens (including phenoxy) is 4. The second-order valence-electron chi connectivity index (χ2n) is 9.90. The third-order valence-electron chi connectivity index (χ3n) is 7.65. The minimum atomic E-state index is -0.891. The first-order chi connectivity index (χ1) is 20.2. The molecule has 1 N–H and O–H groups in total. The van der Waals surface area contributed by atoms with Crippen molar-refractivity contribution in [1.82, 2.24) is 19.5 Å². The summed E-state index contributed by atoms with van der Waals surface area (Å²) in [6.07, 6.45) is 4.66. The van der Waals surface area contributed by atoms with Crippen LogP contribution in [0.3, 0.4) is 0 Å². The molecule has 1 fully saturated rings. The van der Waals surface area contributed by atoms with Gasteiger partial charge in [0.25, 0.3) is 0 Å². The van der Waals surface area contributed by atoms with Gasteiger partial charge in [0, 0.05) is 7.05 Å². The summed E-state index contributed by atoms with van der Waals surface area (Å²) < 4.78 is 26.5. The van der Waals surface area contributed by atoms with E-state index in [1.165, 1.54) is 0 Å². The van der Waals surface area contributed by atoms with Gasteiger partial charge in [-0.3, -0.25) is 4.57 Å². The maximum absolute atomic E-state index is 7.04. The fourth-order valence-electron chi connectivity index (χ4n) is 5.55. The van der Waals surface area contributed by atoms with E-state index in [9.17, 15) is 0 Å². The maximum Gasteiger partial charge on any atom is 0.167 e. The van der Waals surface area contributed by atoms with Crippen molar-refractivity contribution in [3.05, 3.63) is 108 Å². The van der Waals surface area contributed by atoms with Crippen molar-refractivity contribution in [1.29, 1.82) is 0 Å². The fraction of sp³-hybridized carbons (Fsp3) is 0.281. The van der Waals surface area contributed by atoms with Crippen LogP contribution in [0.15, 0.2) is 91.5 Å². The Morgan fingerprint density at radius 3 is 2.07 bits per heavy atom. The van der Waals surface area contributed by atoms with E-state index >= 15 is 0 Å². The van der Waals surface area contributed by atoms with Crippen molar-refractivity contribution in [2.75, 3.05) is 33.2 Å². The number of imidazole rings is 1. The molecular weight excluding hydrogens is 518 g/mol. The van der Waals surface area contributed by atoms with Crippen molar-refractivity contribution in [2.24, 2.45) is 0 Å². The van der Waals surface area contributed by atoms with Gasteiger partial charge in [-0.1, -0.05) is 54.6 Å². The topological polar surface area (TPSA) is 92.6 Å². The predicted octanol–water partition coefficient (Wildman–Crippen LogP) is 5.57. The van der Waals surface area contributed by atoms with Crippen molar-refractivity contribution in [3.63, 3.8) is 0 Å². The highest BCUT2D eigenvalue weighted by Gasteiger charge is 2.40. The molecule has 2 aromatic heterocycles. The summed E-state index contributed by atoms with van der Waals surface area (Å²) in [5.74, 6) is 2.26. The average molecular weight is 552 g/mol. The van der Waals surface area contributed by atoms with Gasteiger partial charge in [0.15, 0.2) is 11.5 Å². The number of hydrogen-bond acceptors (Lipinski definition) is 8. The van der Waals surface area contributed by atoms with Crippen LogP contribution in [0.4, 0.5) is 5.82 Å². The van der Waals surface area contributed by atoms with Crippen molar-refractivity contribution < 1.29 is 18.9 Å². The molecule has 9 heteroatoms. The number of rotatable bonds is 10. The number of benzene rings is 3. The summed E-state index contributed by atoms with van der Waals surface area (Å²) in [6, 6.07) is 26.4. The van der Waals surface area contributed by atoms with E-state index in [-0.39, 0.29) is 12.3 Å². The molecule has 0 amide bonds. The minimum Gasteiger partial charge on any atom is -0.497 e. The van der Waals surface area contributed by atoms with E-state index in [1.54, 1.807) is 26.9 Å².